The fraction of sp³-hybridized carbons (Fsp3) is 0.450. The lowest BCUT2D eigenvalue weighted by Crippen LogP contribution is -2.28. The Morgan fingerprint density at radius 3 is 2.64 bits per heavy atom. The maximum absolute atomic E-state index is 14.0. The summed E-state index contributed by atoms with van der Waals surface area (Å²) in [5, 5.41) is 6.52. The first kappa shape index (κ1) is 20.1. The van der Waals surface area contributed by atoms with Crippen molar-refractivity contribution in [3.8, 4) is 0 Å². The van der Waals surface area contributed by atoms with E-state index in [2.05, 4.69) is 25.6 Å². The lowest BCUT2D eigenvalue weighted by Gasteiger charge is -2.23. The summed E-state index contributed by atoms with van der Waals surface area (Å²) in [6.07, 6.45) is 3.54. The lowest BCUT2D eigenvalue weighted by atomic mass is 10.1. The van der Waals surface area contributed by atoms with Gasteiger partial charge in [-0.15, -0.1) is 0 Å². The highest BCUT2D eigenvalue weighted by atomic mass is 19.1. The average molecular weight is 389 g/mol. The molecule has 1 aromatic carbocycles. The molecular formula is C20H25F2N5O. The molecule has 0 bridgehead atoms. The summed E-state index contributed by atoms with van der Waals surface area (Å²) in [6, 6.07) is 3.63. The molecule has 0 spiro atoms. The molecule has 0 saturated carbocycles. The molecule has 1 fully saturated rings. The Hall–Kier alpha value is -2.61. The maximum atomic E-state index is 14.0. The zero-order valence-corrected chi connectivity index (χ0v) is 16.3. The van der Waals surface area contributed by atoms with E-state index in [-0.39, 0.29) is 11.6 Å². The highest BCUT2D eigenvalue weighted by Gasteiger charge is 2.16. The number of ether oxygens (including phenoxy) is 1. The van der Waals surface area contributed by atoms with Gasteiger partial charge < -0.3 is 15.4 Å². The first-order chi connectivity index (χ1) is 13.4. The third-order valence-corrected chi connectivity index (χ3v) is 4.49. The number of aromatic nitrogens is 2. The minimum atomic E-state index is -0.705. The SMILES string of the molecule is Cc1nc(NC2CCOCC2)ncc1NC(=Nc1ccc(F)cc1F)C(C)C. The van der Waals surface area contributed by atoms with Gasteiger partial charge in [0.1, 0.15) is 17.3 Å². The van der Waals surface area contributed by atoms with E-state index in [1.165, 1.54) is 12.1 Å². The quantitative estimate of drug-likeness (QED) is 0.584. The summed E-state index contributed by atoms with van der Waals surface area (Å²) in [5.41, 5.74) is 1.51. The van der Waals surface area contributed by atoms with E-state index in [1.807, 2.05) is 20.8 Å². The highest BCUT2D eigenvalue weighted by Crippen LogP contribution is 2.22. The molecular weight excluding hydrogens is 364 g/mol. The van der Waals surface area contributed by atoms with Crippen molar-refractivity contribution in [1.29, 1.82) is 0 Å². The Labute approximate surface area is 163 Å². The number of aliphatic imine (C=N–C) groups is 1. The van der Waals surface area contributed by atoms with Gasteiger partial charge in [-0.1, -0.05) is 13.8 Å². The van der Waals surface area contributed by atoms with E-state index >= 15 is 0 Å². The molecule has 2 N–H and O–H groups in total. The number of anilines is 2. The van der Waals surface area contributed by atoms with Crippen LogP contribution in [0.5, 0.6) is 0 Å². The van der Waals surface area contributed by atoms with Crippen molar-refractivity contribution in [3.63, 3.8) is 0 Å². The molecule has 0 aliphatic carbocycles. The molecule has 1 aromatic heterocycles. The van der Waals surface area contributed by atoms with Gasteiger partial charge in [-0.25, -0.2) is 23.7 Å². The molecule has 1 aliphatic rings. The number of nitrogens with one attached hydrogen (secondary N) is 2. The minimum Gasteiger partial charge on any atom is -0.381 e. The van der Waals surface area contributed by atoms with Crippen LogP contribution < -0.4 is 10.6 Å². The molecule has 1 saturated heterocycles. The molecule has 6 nitrogen and oxygen atoms in total. The number of amidine groups is 1. The van der Waals surface area contributed by atoms with Crippen molar-refractivity contribution in [3.05, 3.63) is 41.7 Å². The first-order valence-electron chi connectivity index (χ1n) is 9.41. The lowest BCUT2D eigenvalue weighted by molar-refractivity contribution is 0.0903. The Bertz CT molecular complexity index is 850. The van der Waals surface area contributed by atoms with Crippen LogP contribution in [0.4, 0.5) is 26.1 Å². The zero-order chi connectivity index (χ0) is 20.1. The Kier molecular flexibility index (Phi) is 6.51. The van der Waals surface area contributed by atoms with E-state index in [0.717, 1.165) is 37.8 Å². The van der Waals surface area contributed by atoms with Crippen molar-refractivity contribution in [1.82, 2.24) is 9.97 Å². The minimum absolute atomic E-state index is 0.0103. The Morgan fingerprint density at radius 1 is 1.25 bits per heavy atom. The van der Waals surface area contributed by atoms with Crippen molar-refractivity contribution < 1.29 is 13.5 Å². The molecule has 0 radical (unpaired) electrons. The van der Waals surface area contributed by atoms with Crippen LogP contribution in [0.1, 0.15) is 32.4 Å². The average Bonchev–Trinajstić information content (AvgIpc) is 2.65. The second-order valence-electron chi connectivity index (χ2n) is 7.10. The number of hydrogen-bond donors (Lipinski definition) is 2. The molecule has 2 aromatic rings. The first-order valence-corrected chi connectivity index (χ1v) is 9.41. The molecule has 28 heavy (non-hydrogen) atoms. The summed E-state index contributed by atoms with van der Waals surface area (Å²) in [4.78, 5) is 13.2. The Morgan fingerprint density at radius 2 is 2.00 bits per heavy atom. The number of aryl methyl sites for hydroxylation is 1. The normalized spacial score (nSPS) is 15.7. The second-order valence-corrected chi connectivity index (χ2v) is 7.10. The van der Waals surface area contributed by atoms with Gasteiger partial charge in [-0.2, -0.15) is 0 Å². The summed E-state index contributed by atoms with van der Waals surface area (Å²) in [7, 11) is 0. The van der Waals surface area contributed by atoms with Crippen LogP contribution in [-0.2, 0) is 4.74 Å². The second kappa shape index (κ2) is 9.05. The summed E-state index contributed by atoms with van der Waals surface area (Å²) >= 11 is 0. The number of nitrogens with zero attached hydrogens (tertiary/aromatic N) is 3. The molecule has 0 unspecified atom stereocenters. The third kappa shape index (κ3) is 5.22. The largest absolute Gasteiger partial charge is 0.381 e. The van der Waals surface area contributed by atoms with Crippen LogP contribution >= 0.6 is 0 Å². The molecule has 2 heterocycles. The standard InChI is InChI=1S/C20H25F2N5O/c1-12(2)19(26-17-5-4-14(21)10-16(17)22)27-18-11-23-20(24-13(18)3)25-15-6-8-28-9-7-15/h4-5,10-12,15H,6-9H2,1-3H3,(H,26,27)(H,23,24,25). The summed E-state index contributed by atoms with van der Waals surface area (Å²) in [5.74, 6) is -0.231. The van der Waals surface area contributed by atoms with Gasteiger partial charge in [0.15, 0.2) is 5.82 Å². The van der Waals surface area contributed by atoms with Crippen molar-refractivity contribution in [2.24, 2.45) is 10.9 Å². The van der Waals surface area contributed by atoms with Gasteiger partial charge in [0.2, 0.25) is 5.95 Å². The van der Waals surface area contributed by atoms with Crippen molar-refractivity contribution in [2.45, 2.75) is 39.7 Å². The monoisotopic (exact) mass is 389 g/mol. The fourth-order valence-corrected chi connectivity index (χ4v) is 2.82. The van der Waals surface area contributed by atoms with Gasteiger partial charge in [-0.05, 0) is 31.9 Å². The van der Waals surface area contributed by atoms with Gasteiger partial charge in [0, 0.05) is 31.2 Å². The molecule has 0 atom stereocenters. The maximum Gasteiger partial charge on any atom is 0.223 e. The van der Waals surface area contributed by atoms with Crippen LogP contribution in [0, 0.1) is 24.5 Å². The van der Waals surface area contributed by atoms with Crippen LogP contribution in [-0.4, -0.2) is 35.1 Å². The van der Waals surface area contributed by atoms with Crippen LogP contribution in [0.25, 0.3) is 0 Å². The molecule has 1 aliphatic heterocycles. The molecule has 8 heteroatoms. The summed E-state index contributed by atoms with van der Waals surface area (Å²) < 4.78 is 32.4. The predicted octanol–water partition coefficient (Wildman–Crippen LogP) is 4.45. The smallest absolute Gasteiger partial charge is 0.223 e. The molecule has 0 amide bonds. The van der Waals surface area contributed by atoms with Crippen LogP contribution in [0.2, 0.25) is 0 Å². The molecule has 3 rings (SSSR count). The number of hydrogen-bond acceptors (Lipinski definition) is 5. The third-order valence-electron chi connectivity index (χ3n) is 4.49. The van der Waals surface area contributed by atoms with Crippen LogP contribution in [0.15, 0.2) is 29.4 Å². The Balaban J connectivity index is 1.76. The van der Waals surface area contributed by atoms with E-state index in [9.17, 15) is 8.78 Å². The number of benzene rings is 1. The summed E-state index contributed by atoms with van der Waals surface area (Å²) in [6.45, 7) is 7.22. The fourth-order valence-electron chi connectivity index (χ4n) is 2.82. The topological polar surface area (TPSA) is 71.4 Å². The van der Waals surface area contributed by atoms with Crippen molar-refractivity contribution in [2.75, 3.05) is 23.8 Å². The van der Waals surface area contributed by atoms with E-state index in [1.54, 1.807) is 6.20 Å². The zero-order valence-electron chi connectivity index (χ0n) is 16.3. The molecule has 150 valence electrons. The highest BCUT2D eigenvalue weighted by molar-refractivity contribution is 5.98. The van der Waals surface area contributed by atoms with Crippen molar-refractivity contribution >= 4 is 23.2 Å². The number of halogens is 2. The van der Waals surface area contributed by atoms with E-state index in [0.29, 0.717) is 23.5 Å². The van der Waals surface area contributed by atoms with E-state index in [4.69, 9.17) is 4.74 Å². The van der Waals surface area contributed by atoms with Gasteiger partial charge >= 0.3 is 0 Å². The van der Waals surface area contributed by atoms with Crippen LogP contribution in [0.3, 0.4) is 0 Å². The van der Waals surface area contributed by atoms with Gasteiger partial charge in [0.05, 0.1) is 17.6 Å². The van der Waals surface area contributed by atoms with Gasteiger partial charge in [-0.3, -0.25) is 0 Å². The predicted molar refractivity (Wildman–Crippen MR) is 106 cm³/mol. The van der Waals surface area contributed by atoms with Gasteiger partial charge in [0.25, 0.3) is 0 Å². The number of rotatable bonds is 5. The van der Waals surface area contributed by atoms with E-state index < -0.39 is 11.6 Å².